The molecule has 31 heavy (non-hydrogen) atoms. The summed E-state index contributed by atoms with van der Waals surface area (Å²) in [6, 6.07) is 0. The molecule has 0 spiro atoms. The lowest BCUT2D eigenvalue weighted by Crippen LogP contribution is -2.58. The van der Waals surface area contributed by atoms with Crippen molar-refractivity contribution in [1.82, 2.24) is 0 Å². The fourth-order valence-electron chi connectivity index (χ4n) is 9.22. The van der Waals surface area contributed by atoms with Gasteiger partial charge >= 0.3 is 0 Å². The maximum Gasteiger partial charge on any atom is 0.0587 e. The van der Waals surface area contributed by atoms with Crippen LogP contribution in [0, 0.1) is 52.3 Å². The number of aliphatic hydroxyl groups excluding tert-OH is 4. The molecule has 0 saturated heterocycles. The Morgan fingerprint density at radius 3 is 2.26 bits per heavy atom. The van der Waals surface area contributed by atoms with Gasteiger partial charge in [-0.3, -0.25) is 0 Å². The van der Waals surface area contributed by atoms with Gasteiger partial charge in [-0.05, 0) is 111 Å². The van der Waals surface area contributed by atoms with Crippen LogP contribution in [0.2, 0.25) is 0 Å². The molecule has 4 heteroatoms. The highest BCUT2D eigenvalue weighted by molar-refractivity contribution is 5.11. The van der Waals surface area contributed by atoms with E-state index in [1.165, 1.54) is 25.7 Å². The Hall–Kier alpha value is -0.160. The molecule has 1 unspecified atom stereocenters. The van der Waals surface area contributed by atoms with Gasteiger partial charge in [0.15, 0.2) is 0 Å². The van der Waals surface area contributed by atoms with E-state index >= 15 is 0 Å². The fourth-order valence-corrected chi connectivity index (χ4v) is 9.22. The van der Waals surface area contributed by atoms with Crippen molar-refractivity contribution in [2.24, 2.45) is 52.3 Å². The van der Waals surface area contributed by atoms with E-state index in [-0.39, 0.29) is 24.7 Å². The summed E-state index contributed by atoms with van der Waals surface area (Å²) in [7, 11) is 0. The predicted molar refractivity (Wildman–Crippen MR) is 123 cm³/mol. The second-order valence-electron chi connectivity index (χ2n) is 12.7. The molecule has 0 heterocycles. The van der Waals surface area contributed by atoms with Crippen molar-refractivity contribution in [2.75, 3.05) is 6.61 Å². The molecule has 0 aliphatic heterocycles. The van der Waals surface area contributed by atoms with E-state index in [1.807, 2.05) is 6.92 Å². The zero-order valence-corrected chi connectivity index (χ0v) is 20.3. The van der Waals surface area contributed by atoms with Crippen molar-refractivity contribution in [3.05, 3.63) is 0 Å². The van der Waals surface area contributed by atoms with Crippen molar-refractivity contribution >= 4 is 0 Å². The molecule has 0 aromatic heterocycles. The first kappa shape index (κ1) is 24.0. The van der Waals surface area contributed by atoms with E-state index in [9.17, 15) is 20.4 Å². The molecular weight excluding hydrogens is 388 g/mol. The van der Waals surface area contributed by atoms with E-state index in [4.69, 9.17) is 0 Å². The number of hydrogen-bond acceptors (Lipinski definition) is 4. The van der Waals surface area contributed by atoms with Gasteiger partial charge in [0, 0.05) is 12.5 Å². The van der Waals surface area contributed by atoms with Crippen LogP contribution >= 0.6 is 0 Å². The lowest BCUT2D eigenvalue weighted by atomic mass is 9.43. The maximum absolute atomic E-state index is 11.4. The molecule has 4 N–H and O–H groups in total. The first-order chi connectivity index (χ1) is 14.6. The molecule has 0 amide bonds. The molecule has 4 aliphatic rings. The van der Waals surface area contributed by atoms with Crippen LogP contribution in [0.3, 0.4) is 0 Å². The Balaban J connectivity index is 1.48. The Morgan fingerprint density at radius 2 is 1.55 bits per heavy atom. The SMILES string of the molecule is CC(CO)[C@@H](O)CC[C@@H](C)[C@H]1CC[C@H]2[C@@H]3[C@H](O)C[C@@H]4C[C@H](O)CC[C@]4(C)[C@H]3CC[C@]12C. The first-order valence-electron chi connectivity index (χ1n) is 13.3. The van der Waals surface area contributed by atoms with E-state index in [0.29, 0.717) is 46.3 Å². The lowest BCUT2D eigenvalue weighted by molar-refractivity contribution is -0.174. The number of hydrogen-bond donors (Lipinski definition) is 4. The normalized spacial score (nSPS) is 50.1. The topological polar surface area (TPSA) is 80.9 Å². The molecule has 4 nitrogen and oxygen atoms in total. The smallest absolute Gasteiger partial charge is 0.0587 e. The molecule has 12 atom stereocenters. The minimum Gasteiger partial charge on any atom is -0.396 e. The largest absolute Gasteiger partial charge is 0.396 e. The van der Waals surface area contributed by atoms with Crippen LogP contribution in [0.25, 0.3) is 0 Å². The minimum absolute atomic E-state index is 0.0466. The molecule has 4 rings (SSSR count). The van der Waals surface area contributed by atoms with Gasteiger partial charge in [0.1, 0.15) is 0 Å². The van der Waals surface area contributed by atoms with Gasteiger partial charge in [0.25, 0.3) is 0 Å². The highest BCUT2D eigenvalue weighted by atomic mass is 16.3. The highest BCUT2D eigenvalue weighted by Gasteiger charge is 2.62. The third-order valence-corrected chi connectivity index (χ3v) is 11.3. The van der Waals surface area contributed by atoms with Gasteiger partial charge in [-0.25, -0.2) is 0 Å². The van der Waals surface area contributed by atoms with Gasteiger partial charge in [-0.2, -0.15) is 0 Å². The van der Waals surface area contributed by atoms with Crippen molar-refractivity contribution in [1.29, 1.82) is 0 Å². The summed E-state index contributed by atoms with van der Waals surface area (Å²) in [5, 5.41) is 41.3. The average Bonchev–Trinajstić information content (AvgIpc) is 3.09. The highest BCUT2D eigenvalue weighted by Crippen LogP contribution is 2.68. The summed E-state index contributed by atoms with van der Waals surface area (Å²) < 4.78 is 0. The molecule has 0 bridgehead atoms. The van der Waals surface area contributed by atoms with E-state index in [2.05, 4.69) is 20.8 Å². The maximum atomic E-state index is 11.4. The molecule has 4 saturated carbocycles. The zero-order chi connectivity index (χ0) is 22.6. The van der Waals surface area contributed by atoms with Crippen molar-refractivity contribution in [3.63, 3.8) is 0 Å². The fraction of sp³-hybridized carbons (Fsp3) is 1.00. The van der Waals surface area contributed by atoms with Crippen molar-refractivity contribution in [2.45, 2.75) is 110 Å². The lowest BCUT2D eigenvalue weighted by Gasteiger charge is -2.62. The van der Waals surface area contributed by atoms with Crippen molar-refractivity contribution < 1.29 is 20.4 Å². The molecule has 0 aromatic rings. The van der Waals surface area contributed by atoms with Gasteiger partial charge < -0.3 is 20.4 Å². The van der Waals surface area contributed by atoms with Gasteiger partial charge in [0.2, 0.25) is 0 Å². The molecule has 0 aromatic carbocycles. The average molecular weight is 437 g/mol. The Labute approximate surface area is 189 Å². The summed E-state index contributed by atoms with van der Waals surface area (Å²) in [6.07, 6.45) is 9.81. The zero-order valence-electron chi connectivity index (χ0n) is 20.3. The number of rotatable bonds is 6. The van der Waals surface area contributed by atoms with Crippen LogP contribution in [0.1, 0.15) is 91.9 Å². The van der Waals surface area contributed by atoms with Crippen molar-refractivity contribution in [3.8, 4) is 0 Å². The molecule has 0 radical (unpaired) electrons. The third kappa shape index (κ3) is 4.02. The van der Waals surface area contributed by atoms with Crippen LogP contribution in [-0.4, -0.2) is 45.3 Å². The Morgan fingerprint density at radius 1 is 0.871 bits per heavy atom. The predicted octanol–water partition coefficient (Wildman–Crippen LogP) is 4.38. The third-order valence-electron chi connectivity index (χ3n) is 11.3. The molecule has 180 valence electrons. The van der Waals surface area contributed by atoms with E-state index < -0.39 is 6.10 Å². The Bertz CT molecular complexity index is 624. The standard InChI is InChI=1S/C27H48O4/c1-16(5-8-23(30)17(2)15-28)20-6-7-21-25-22(10-12-27(20,21)4)26(3)11-9-19(29)13-18(26)14-24(25)31/h16-25,28-31H,5-15H2,1-4H3/t16-,17?,18+,19-,20-,21+,22+,23+,24-,25+,26+,27-/m1/s1. The van der Waals surface area contributed by atoms with Crippen LogP contribution in [0.15, 0.2) is 0 Å². The van der Waals surface area contributed by atoms with Crippen LogP contribution in [0.5, 0.6) is 0 Å². The number of aliphatic hydroxyl groups is 4. The van der Waals surface area contributed by atoms with E-state index in [0.717, 1.165) is 38.5 Å². The van der Waals surface area contributed by atoms with Crippen LogP contribution in [0.4, 0.5) is 0 Å². The summed E-state index contributed by atoms with van der Waals surface area (Å²) in [4.78, 5) is 0. The summed E-state index contributed by atoms with van der Waals surface area (Å²) >= 11 is 0. The van der Waals surface area contributed by atoms with Gasteiger partial charge in [0.05, 0.1) is 18.3 Å². The molecule has 4 aliphatic carbocycles. The minimum atomic E-state index is -0.410. The Kier molecular flexibility index (Phi) is 6.88. The van der Waals surface area contributed by atoms with Gasteiger partial charge in [-0.15, -0.1) is 0 Å². The monoisotopic (exact) mass is 436 g/mol. The molecule has 4 fully saturated rings. The van der Waals surface area contributed by atoms with Gasteiger partial charge in [-0.1, -0.05) is 27.7 Å². The first-order valence-corrected chi connectivity index (χ1v) is 13.3. The summed E-state index contributed by atoms with van der Waals surface area (Å²) in [5.41, 5.74) is 0.588. The summed E-state index contributed by atoms with van der Waals surface area (Å²) in [6.45, 7) is 9.34. The summed E-state index contributed by atoms with van der Waals surface area (Å²) in [5.74, 6) is 3.31. The van der Waals surface area contributed by atoms with E-state index in [1.54, 1.807) is 0 Å². The second kappa shape index (κ2) is 8.89. The number of fused-ring (bicyclic) bond motifs is 5. The second-order valence-corrected chi connectivity index (χ2v) is 12.7. The molecular formula is C27H48O4. The van der Waals surface area contributed by atoms with Crippen LogP contribution in [-0.2, 0) is 0 Å². The quantitative estimate of drug-likeness (QED) is 0.498. The van der Waals surface area contributed by atoms with Crippen LogP contribution < -0.4 is 0 Å².